The number of hydrogen-bond donors (Lipinski definition) is 2. The minimum atomic E-state index is -0.318. The summed E-state index contributed by atoms with van der Waals surface area (Å²) < 4.78 is 0. The van der Waals surface area contributed by atoms with Gasteiger partial charge in [-0.1, -0.05) is 29.8 Å². The van der Waals surface area contributed by atoms with Crippen molar-refractivity contribution in [1.82, 2.24) is 15.6 Å². The van der Waals surface area contributed by atoms with Gasteiger partial charge in [0.05, 0.1) is 0 Å². The molecule has 0 atom stereocenters. The number of carbonyl (C=O) groups excluding carboxylic acids is 2. The quantitative estimate of drug-likeness (QED) is 0.882. The highest BCUT2D eigenvalue weighted by Crippen LogP contribution is 2.20. The Kier molecular flexibility index (Phi) is 4.40. The Labute approximate surface area is 136 Å². The van der Waals surface area contributed by atoms with Crippen LogP contribution in [0.5, 0.6) is 0 Å². The summed E-state index contributed by atoms with van der Waals surface area (Å²) in [4.78, 5) is 28.0. The average Bonchev–Trinajstić information content (AvgIpc) is 3.18. The van der Waals surface area contributed by atoms with Crippen LogP contribution in [0.25, 0.3) is 0 Å². The fourth-order valence-corrected chi connectivity index (χ4v) is 2.77. The van der Waals surface area contributed by atoms with Gasteiger partial charge in [0.1, 0.15) is 5.69 Å². The van der Waals surface area contributed by atoms with Crippen molar-refractivity contribution in [2.45, 2.75) is 25.4 Å². The summed E-state index contributed by atoms with van der Waals surface area (Å²) in [6.07, 6.45) is 2.03. The van der Waals surface area contributed by atoms with Gasteiger partial charge in [0.2, 0.25) is 0 Å². The maximum atomic E-state index is 12.1. The highest BCUT2D eigenvalue weighted by atomic mass is 35.5. The van der Waals surface area contributed by atoms with E-state index in [4.69, 9.17) is 11.6 Å². The third kappa shape index (κ3) is 3.64. The Morgan fingerprint density at radius 3 is 2.77 bits per heavy atom. The Bertz CT molecular complexity index is 712. The van der Waals surface area contributed by atoms with E-state index in [0.29, 0.717) is 16.6 Å². The largest absolute Gasteiger partial charge is 0.347 e. The molecule has 1 aliphatic rings. The molecule has 1 aromatic heterocycles. The van der Waals surface area contributed by atoms with Crippen LogP contribution in [0, 0.1) is 0 Å². The number of hydrogen-bond acceptors (Lipinski definition) is 4. The fraction of sp³-hybridized carbons (Fsp3) is 0.267. The number of nitrogens with one attached hydrogen (secondary N) is 2. The lowest BCUT2D eigenvalue weighted by molar-refractivity contribution is 0.0945. The molecular formula is C15H14ClN3O2S. The molecule has 0 saturated heterocycles. The van der Waals surface area contributed by atoms with E-state index in [0.717, 1.165) is 18.4 Å². The maximum absolute atomic E-state index is 12.1. The number of thiazole rings is 1. The molecule has 1 aromatic carbocycles. The number of benzene rings is 1. The molecule has 1 fully saturated rings. The molecule has 0 spiro atoms. The topological polar surface area (TPSA) is 71.1 Å². The van der Waals surface area contributed by atoms with Gasteiger partial charge in [-0.15, -0.1) is 11.3 Å². The second-order valence-electron chi connectivity index (χ2n) is 5.06. The molecule has 7 heteroatoms. The van der Waals surface area contributed by atoms with Gasteiger partial charge in [-0.25, -0.2) is 4.98 Å². The van der Waals surface area contributed by atoms with E-state index in [-0.39, 0.29) is 23.6 Å². The minimum absolute atomic E-state index is 0.211. The third-order valence-electron chi connectivity index (χ3n) is 3.24. The normalized spacial score (nSPS) is 13.7. The highest BCUT2D eigenvalue weighted by molar-refractivity contribution is 7.11. The SMILES string of the molecule is O=C(NCc1ccccc1Cl)c1csc(C(=O)NC2CC2)n1. The van der Waals surface area contributed by atoms with Crippen LogP contribution < -0.4 is 10.6 Å². The van der Waals surface area contributed by atoms with Crippen LogP contribution in [0.3, 0.4) is 0 Å². The summed E-state index contributed by atoms with van der Waals surface area (Å²) in [6, 6.07) is 7.58. The van der Waals surface area contributed by atoms with Gasteiger partial charge in [-0.05, 0) is 24.5 Å². The molecular weight excluding hydrogens is 322 g/mol. The van der Waals surface area contributed by atoms with Crippen molar-refractivity contribution in [3.05, 3.63) is 50.9 Å². The molecule has 2 amide bonds. The molecule has 5 nitrogen and oxygen atoms in total. The summed E-state index contributed by atoms with van der Waals surface area (Å²) >= 11 is 7.21. The molecule has 1 heterocycles. The molecule has 1 aliphatic carbocycles. The van der Waals surface area contributed by atoms with Gasteiger partial charge in [0.15, 0.2) is 5.01 Å². The van der Waals surface area contributed by atoms with E-state index in [1.54, 1.807) is 11.4 Å². The summed E-state index contributed by atoms with van der Waals surface area (Å²) in [5, 5.41) is 8.10. The first-order valence-electron chi connectivity index (χ1n) is 6.91. The van der Waals surface area contributed by atoms with Gasteiger partial charge < -0.3 is 10.6 Å². The van der Waals surface area contributed by atoms with E-state index >= 15 is 0 Å². The molecule has 0 aliphatic heterocycles. The average molecular weight is 336 g/mol. The molecule has 2 N–H and O–H groups in total. The van der Waals surface area contributed by atoms with Crippen molar-refractivity contribution >= 4 is 34.8 Å². The molecule has 1 saturated carbocycles. The van der Waals surface area contributed by atoms with Gasteiger partial charge in [-0.2, -0.15) is 0 Å². The Hall–Kier alpha value is -1.92. The van der Waals surface area contributed by atoms with Gasteiger partial charge in [-0.3, -0.25) is 9.59 Å². The maximum Gasteiger partial charge on any atom is 0.280 e. The highest BCUT2D eigenvalue weighted by Gasteiger charge is 2.25. The first-order chi connectivity index (χ1) is 10.6. The predicted octanol–water partition coefficient (Wildman–Crippen LogP) is 2.62. The number of carbonyl (C=O) groups is 2. The van der Waals surface area contributed by atoms with Crippen molar-refractivity contribution in [1.29, 1.82) is 0 Å². The van der Waals surface area contributed by atoms with Crippen molar-refractivity contribution in [3.8, 4) is 0 Å². The van der Waals surface area contributed by atoms with E-state index in [2.05, 4.69) is 15.6 Å². The molecule has 114 valence electrons. The first kappa shape index (κ1) is 15.0. The van der Waals surface area contributed by atoms with Crippen molar-refractivity contribution in [3.63, 3.8) is 0 Å². The Balaban J connectivity index is 1.59. The second kappa shape index (κ2) is 6.46. The first-order valence-corrected chi connectivity index (χ1v) is 8.17. The van der Waals surface area contributed by atoms with E-state index in [9.17, 15) is 9.59 Å². The van der Waals surface area contributed by atoms with Crippen LogP contribution in [-0.4, -0.2) is 22.8 Å². The second-order valence-corrected chi connectivity index (χ2v) is 6.33. The van der Waals surface area contributed by atoms with Gasteiger partial charge >= 0.3 is 0 Å². The van der Waals surface area contributed by atoms with Crippen LogP contribution in [0.4, 0.5) is 0 Å². The zero-order valence-electron chi connectivity index (χ0n) is 11.6. The zero-order valence-corrected chi connectivity index (χ0v) is 13.2. The number of nitrogens with zero attached hydrogens (tertiary/aromatic N) is 1. The monoisotopic (exact) mass is 335 g/mol. The number of halogens is 1. The lowest BCUT2D eigenvalue weighted by Crippen LogP contribution is -2.26. The Morgan fingerprint density at radius 2 is 2.05 bits per heavy atom. The van der Waals surface area contributed by atoms with Crippen LogP contribution in [0.1, 0.15) is 38.7 Å². The lowest BCUT2D eigenvalue weighted by atomic mass is 10.2. The van der Waals surface area contributed by atoms with E-state index in [1.165, 1.54) is 11.3 Å². The van der Waals surface area contributed by atoms with Crippen LogP contribution in [0.15, 0.2) is 29.6 Å². The van der Waals surface area contributed by atoms with Crippen molar-refractivity contribution in [2.24, 2.45) is 0 Å². The lowest BCUT2D eigenvalue weighted by Gasteiger charge is -2.05. The third-order valence-corrected chi connectivity index (χ3v) is 4.45. The van der Waals surface area contributed by atoms with Gasteiger partial charge in [0.25, 0.3) is 11.8 Å². The summed E-state index contributed by atoms with van der Waals surface area (Å²) in [5.74, 6) is -0.528. The zero-order chi connectivity index (χ0) is 15.5. The number of rotatable bonds is 5. The minimum Gasteiger partial charge on any atom is -0.347 e. The summed E-state index contributed by atoms with van der Waals surface area (Å²) in [6.45, 7) is 0.319. The molecule has 22 heavy (non-hydrogen) atoms. The molecule has 0 bridgehead atoms. The molecule has 2 aromatic rings. The number of aromatic nitrogens is 1. The Morgan fingerprint density at radius 1 is 1.27 bits per heavy atom. The van der Waals surface area contributed by atoms with Crippen molar-refractivity contribution in [2.75, 3.05) is 0 Å². The fourth-order valence-electron chi connectivity index (χ4n) is 1.86. The smallest absolute Gasteiger partial charge is 0.280 e. The number of amides is 2. The van der Waals surface area contributed by atoms with Crippen LogP contribution >= 0.6 is 22.9 Å². The standard InChI is InChI=1S/C15H14ClN3O2S/c16-11-4-2-1-3-9(11)7-17-13(20)12-8-22-15(19-12)14(21)18-10-5-6-10/h1-4,8,10H,5-7H2,(H,17,20)(H,18,21). The molecule has 0 radical (unpaired) electrons. The predicted molar refractivity (Wildman–Crippen MR) is 85.2 cm³/mol. The van der Waals surface area contributed by atoms with E-state index < -0.39 is 0 Å². The van der Waals surface area contributed by atoms with Crippen molar-refractivity contribution < 1.29 is 9.59 Å². The van der Waals surface area contributed by atoms with Crippen LogP contribution in [-0.2, 0) is 6.54 Å². The molecule has 3 rings (SSSR count). The summed E-state index contributed by atoms with van der Waals surface area (Å²) in [7, 11) is 0. The van der Waals surface area contributed by atoms with E-state index in [1.807, 2.05) is 18.2 Å². The van der Waals surface area contributed by atoms with Gasteiger partial charge in [0, 0.05) is 23.0 Å². The molecule has 0 unspecified atom stereocenters. The van der Waals surface area contributed by atoms with Crippen LogP contribution in [0.2, 0.25) is 5.02 Å². The summed E-state index contributed by atoms with van der Waals surface area (Å²) in [5.41, 5.74) is 1.08.